The van der Waals surface area contributed by atoms with Crippen LogP contribution in [0.15, 0.2) is 21.8 Å². The van der Waals surface area contributed by atoms with Gasteiger partial charge in [-0.25, -0.2) is 0 Å². The molecule has 1 aromatic rings. The largest absolute Gasteiger partial charge is 0.357 e. The normalized spacial score (nSPS) is 14.0. The number of aliphatic imine (C=N–C) groups is 1. The summed E-state index contributed by atoms with van der Waals surface area (Å²) < 4.78 is 11.9. The monoisotopic (exact) mass is 329 g/mol. The highest BCUT2D eigenvalue weighted by atomic mass is 32.2. The summed E-state index contributed by atoms with van der Waals surface area (Å²) in [5, 5.41) is 7.52. The van der Waals surface area contributed by atoms with Crippen molar-refractivity contribution in [3.05, 3.63) is 22.4 Å². The molecular formula is C15H27N3OS2. The molecule has 0 aliphatic heterocycles. The van der Waals surface area contributed by atoms with Crippen LogP contribution in [-0.2, 0) is 17.3 Å². The third kappa shape index (κ3) is 6.61. The van der Waals surface area contributed by atoms with Crippen LogP contribution in [-0.4, -0.2) is 45.7 Å². The molecule has 0 amide bonds. The number of nitrogens with one attached hydrogen (secondary N) is 1. The van der Waals surface area contributed by atoms with Crippen molar-refractivity contribution in [1.82, 2.24) is 10.2 Å². The van der Waals surface area contributed by atoms with Gasteiger partial charge in [-0.05, 0) is 50.1 Å². The highest BCUT2D eigenvalue weighted by Crippen LogP contribution is 2.11. The first kappa shape index (κ1) is 18.2. The van der Waals surface area contributed by atoms with Gasteiger partial charge in [-0.3, -0.25) is 9.20 Å². The summed E-state index contributed by atoms with van der Waals surface area (Å²) in [4.78, 5) is 6.69. The molecule has 0 aliphatic carbocycles. The Morgan fingerprint density at radius 1 is 1.48 bits per heavy atom. The standard InChI is InChI=1S/C15H27N3OS2/c1-6-16-14(17-8-10-21(19)15(2,3)4)18(5)11-13-7-9-20-12-13/h7,9,12H,6,8,10-11H2,1-5H3,(H,16,17). The van der Waals surface area contributed by atoms with E-state index in [1.54, 1.807) is 11.3 Å². The Bertz CT molecular complexity index is 464. The molecule has 120 valence electrons. The van der Waals surface area contributed by atoms with Gasteiger partial charge >= 0.3 is 0 Å². The average molecular weight is 330 g/mol. The van der Waals surface area contributed by atoms with Crippen molar-refractivity contribution < 1.29 is 4.21 Å². The lowest BCUT2D eigenvalue weighted by Crippen LogP contribution is -2.38. The molecule has 0 saturated heterocycles. The van der Waals surface area contributed by atoms with Gasteiger partial charge in [0.05, 0.1) is 6.54 Å². The maximum atomic E-state index is 12.0. The van der Waals surface area contributed by atoms with E-state index >= 15 is 0 Å². The number of rotatable bonds is 6. The first-order valence-corrected chi connectivity index (χ1v) is 9.49. The Kier molecular flexibility index (Phi) is 7.39. The van der Waals surface area contributed by atoms with Crippen molar-refractivity contribution in [1.29, 1.82) is 0 Å². The van der Waals surface area contributed by atoms with Crippen LogP contribution in [0.2, 0.25) is 0 Å². The Morgan fingerprint density at radius 2 is 2.19 bits per heavy atom. The van der Waals surface area contributed by atoms with Crippen LogP contribution in [0.1, 0.15) is 33.3 Å². The van der Waals surface area contributed by atoms with Gasteiger partial charge in [-0.15, -0.1) is 0 Å². The summed E-state index contributed by atoms with van der Waals surface area (Å²) in [5.74, 6) is 1.47. The molecule has 0 aliphatic rings. The van der Waals surface area contributed by atoms with Crippen molar-refractivity contribution in [2.75, 3.05) is 25.9 Å². The molecule has 1 aromatic heterocycles. The fourth-order valence-corrected chi connectivity index (χ4v) is 3.27. The van der Waals surface area contributed by atoms with Crippen LogP contribution < -0.4 is 5.32 Å². The van der Waals surface area contributed by atoms with Gasteiger partial charge in [-0.2, -0.15) is 11.3 Å². The molecular weight excluding hydrogens is 302 g/mol. The van der Waals surface area contributed by atoms with Crippen molar-refractivity contribution >= 4 is 28.1 Å². The van der Waals surface area contributed by atoms with Gasteiger partial charge in [0, 0.05) is 41.4 Å². The van der Waals surface area contributed by atoms with Gasteiger partial charge in [0.15, 0.2) is 5.96 Å². The molecule has 21 heavy (non-hydrogen) atoms. The summed E-state index contributed by atoms with van der Waals surface area (Å²) in [6, 6.07) is 2.12. The topological polar surface area (TPSA) is 44.7 Å². The highest BCUT2D eigenvalue weighted by Gasteiger charge is 2.18. The Morgan fingerprint density at radius 3 is 2.71 bits per heavy atom. The lowest BCUT2D eigenvalue weighted by Gasteiger charge is -2.22. The van der Waals surface area contributed by atoms with E-state index in [1.807, 2.05) is 27.8 Å². The van der Waals surface area contributed by atoms with Crippen LogP contribution in [0.3, 0.4) is 0 Å². The van der Waals surface area contributed by atoms with E-state index in [2.05, 4.69) is 39.0 Å². The lowest BCUT2D eigenvalue weighted by atomic mass is 10.3. The number of nitrogens with zero attached hydrogens (tertiary/aromatic N) is 2. The zero-order chi connectivity index (χ0) is 15.9. The third-order valence-corrected chi connectivity index (χ3v) is 5.57. The molecule has 0 spiro atoms. The molecule has 0 aromatic carbocycles. The maximum Gasteiger partial charge on any atom is 0.193 e. The van der Waals surface area contributed by atoms with Crippen LogP contribution in [0.25, 0.3) is 0 Å². The molecule has 1 unspecified atom stereocenters. The minimum absolute atomic E-state index is 0.170. The van der Waals surface area contributed by atoms with Gasteiger partial charge in [-0.1, -0.05) is 0 Å². The van der Waals surface area contributed by atoms with E-state index in [-0.39, 0.29) is 4.75 Å². The molecule has 6 heteroatoms. The highest BCUT2D eigenvalue weighted by molar-refractivity contribution is 7.86. The van der Waals surface area contributed by atoms with E-state index < -0.39 is 10.8 Å². The SMILES string of the molecule is CCNC(=NCCS(=O)C(C)(C)C)N(C)Cc1ccsc1. The van der Waals surface area contributed by atoms with E-state index in [0.717, 1.165) is 19.0 Å². The van der Waals surface area contributed by atoms with Crippen molar-refractivity contribution in [3.63, 3.8) is 0 Å². The predicted molar refractivity (Wildman–Crippen MR) is 94.5 cm³/mol. The lowest BCUT2D eigenvalue weighted by molar-refractivity contribution is 0.478. The Hall–Kier alpha value is -0.880. The Balaban J connectivity index is 2.58. The van der Waals surface area contributed by atoms with E-state index in [0.29, 0.717) is 12.3 Å². The number of thiophene rings is 1. The van der Waals surface area contributed by atoms with Crippen molar-refractivity contribution in [3.8, 4) is 0 Å². The second kappa shape index (κ2) is 8.54. The van der Waals surface area contributed by atoms with Gasteiger partial charge in [0.1, 0.15) is 0 Å². The van der Waals surface area contributed by atoms with Crippen LogP contribution in [0, 0.1) is 0 Å². The molecule has 1 N–H and O–H groups in total. The number of guanidine groups is 1. The fourth-order valence-electron chi connectivity index (χ4n) is 1.74. The second-order valence-corrected chi connectivity index (χ2v) is 8.99. The number of hydrogen-bond donors (Lipinski definition) is 1. The molecule has 1 rings (SSSR count). The Labute approximate surface area is 135 Å². The zero-order valence-corrected chi connectivity index (χ0v) is 15.3. The van der Waals surface area contributed by atoms with Crippen LogP contribution >= 0.6 is 11.3 Å². The summed E-state index contributed by atoms with van der Waals surface area (Å²) in [7, 11) is 1.17. The first-order chi connectivity index (χ1) is 9.84. The molecule has 1 heterocycles. The van der Waals surface area contributed by atoms with E-state index in [9.17, 15) is 4.21 Å². The smallest absolute Gasteiger partial charge is 0.193 e. The minimum atomic E-state index is -0.854. The van der Waals surface area contributed by atoms with Crippen LogP contribution in [0.4, 0.5) is 0 Å². The third-order valence-electron chi connectivity index (χ3n) is 2.92. The second-order valence-electron chi connectivity index (χ2n) is 5.89. The van der Waals surface area contributed by atoms with Gasteiger partial charge < -0.3 is 10.2 Å². The predicted octanol–water partition coefficient (Wildman–Crippen LogP) is 2.69. The van der Waals surface area contributed by atoms with Crippen molar-refractivity contribution in [2.45, 2.75) is 39.0 Å². The summed E-state index contributed by atoms with van der Waals surface area (Å²) >= 11 is 1.70. The fraction of sp³-hybridized carbons (Fsp3) is 0.667. The van der Waals surface area contributed by atoms with Gasteiger partial charge in [0.2, 0.25) is 0 Å². The average Bonchev–Trinajstić information content (AvgIpc) is 2.89. The molecule has 0 saturated carbocycles. The molecule has 1 atom stereocenters. The van der Waals surface area contributed by atoms with E-state index in [4.69, 9.17) is 0 Å². The maximum absolute atomic E-state index is 12.0. The zero-order valence-electron chi connectivity index (χ0n) is 13.7. The first-order valence-electron chi connectivity index (χ1n) is 7.23. The minimum Gasteiger partial charge on any atom is -0.357 e. The summed E-state index contributed by atoms with van der Waals surface area (Å²) in [6.45, 7) is 10.3. The summed E-state index contributed by atoms with van der Waals surface area (Å²) in [6.07, 6.45) is 0. The molecule has 4 nitrogen and oxygen atoms in total. The molecule has 0 fully saturated rings. The van der Waals surface area contributed by atoms with Crippen LogP contribution in [0.5, 0.6) is 0 Å². The molecule has 0 radical (unpaired) electrons. The quantitative estimate of drug-likeness (QED) is 0.645. The summed E-state index contributed by atoms with van der Waals surface area (Å²) in [5.41, 5.74) is 1.28. The van der Waals surface area contributed by atoms with Crippen molar-refractivity contribution in [2.24, 2.45) is 4.99 Å². The van der Waals surface area contributed by atoms with Gasteiger partial charge in [0.25, 0.3) is 0 Å². The molecule has 0 bridgehead atoms. The number of hydrogen-bond acceptors (Lipinski definition) is 3. The van der Waals surface area contributed by atoms with E-state index in [1.165, 1.54) is 5.56 Å².